The van der Waals surface area contributed by atoms with E-state index in [0.29, 0.717) is 0 Å². The summed E-state index contributed by atoms with van der Waals surface area (Å²) < 4.78 is 5.69. The van der Waals surface area contributed by atoms with Crippen molar-refractivity contribution in [2.45, 2.75) is 52.4 Å². The number of rotatable bonds is 6. The Hall–Kier alpha value is -1.24. The molecule has 0 spiro atoms. The van der Waals surface area contributed by atoms with E-state index in [4.69, 9.17) is 4.74 Å². The summed E-state index contributed by atoms with van der Waals surface area (Å²) in [6.45, 7) is 8.86. The van der Waals surface area contributed by atoms with Crippen molar-refractivity contribution < 1.29 is 4.74 Å². The van der Waals surface area contributed by atoms with Gasteiger partial charge in [-0.25, -0.2) is 0 Å². The lowest BCUT2D eigenvalue weighted by atomic mass is 9.73. The van der Waals surface area contributed by atoms with E-state index >= 15 is 0 Å². The summed E-state index contributed by atoms with van der Waals surface area (Å²) in [6, 6.07) is 6.49. The van der Waals surface area contributed by atoms with Crippen LogP contribution in [0.15, 0.2) is 24.3 Å². The van der Waals surface area contributed by atoms with Crippen molar-refractivity contribution in [1.82, 2.24) is 0 Å². The van der Waals surface area contributed by atoms with Crippen LogP contribution in [0.1, 0.15) is 58.1 Å². The number of allylic oxidation sites excluding steroid dienone is 1. The Kier molecular flexibility index (Phi) is 5.46. The zero-order valence-corrected chi connectivity index (χ0v) is 12.4. The molecule has 0 aliphatic heterocycles. The normalized spacial score (nSPS) is 12.1. The van der Waals surface area contributed by atoms with Crippen LogP contribution in [0.5, 0.6) is 5.75 Å². The van der Waals surface area contributed by atoms with Crippen molar-refractivity contribution in [3.8, 4) is 5.75 Å². The highest BCUT2D eigenvalue weighted by Crippen LogP contribution is 2.41. The Balaban J connectivity index is 3.43. The first kappa shape index (κ1) is 14.8. The van der Waals surface area contributed by atoms with Gasteiger partial charge in [-0.2, -0.15) is 0 Å². The molecule has 0 heterocycles. The fraction of sp³-hybridized carbons (Fsp3) is 0.529. The predicted octanol–water partition coefficient (Wildman–Crippen LogP) is 5.20. The number of para-hydroxylation sites is 1. The van der Waals surface area contributed by atoms with E-state index in [9.17, 15) is 0 Å². The molecule has 1 heteroatoms. The van der Waals surface area contributed by atoms with E-state index in [1.165, 1.54) is 11.1 Å². The first-order chi connectivity index (χ1) is 8.68. The molecular formula is C17H26O. The fourth-order valence-corrected chi connectivity index (χ4v) is 2.83. The third-order valence-electron chi connectivity index (χ3n) is 4.20. The van der Waals surface area contributed by atoms with Gasteiger partial charge in [-0.1, -0.05) is 51.1 Å². The van der Waals surface area contributed by atoms with Crippen LogP contribution in [0.4, 0.5) is 0 Å². The van der Waals surface area contributed by atoms with Crippen LogP contribution >= 0.6 is 0 Å². The van der Waals surface area contributed by atoms with Gasteiger partial charge in [0.1, 0.15) is 5.75 Å². The molecule has 1 rings (SSSR count). The van der Waals surface area contributed by atoms with Crippen LogP contribution < -0.4 is 4.74 Å². The van der Waals surface area contributed by atoms with Gasteiger partial charge in [0.15, 0.2) is 0 Å². The smallest absolute Gasteiger partial charge is 0.129 e. The minimum absolute atomic E-state index is 0.239. The molecule has 0 unspecified atom stereocenters. The Morgan fingerprint density at radius 1 is 1.11 bits per heavy atom. The van der Waals surface area contributed by atoms with Gasteiger partial charge in [0.05, 0.1) is 7.11 Å². The molecule has 0 aliphatic rings. The van der Waals surface area contributed by atoms with Crippen molar-refractivity contribution in [3.63, 3.8) is 0 Å². The number of ether oxygens (including phenoxy) is 1. The molecule has 1 aromatic carbocycles. The topological polar surface area (TPSA) is 9.23 Å². The van der Waals surface area contributed by atoms with Gasteiger partial charge in [-0.15, -0.1) is 0 Å². The summed E-state index contributed by atoms with van der Waals surface area (Å²) in [5.74, 6) is 1.04. The van der Waals surface area contributed by atoms with E-state index in [1.54, 1.807) is 7.11 Å². The second-order valence-electron chi connectivity index (χ2n) is 4.77. The van der Waals surface area contributed by atoms with Gasteiger partial charge >= 0.3 is 0 Å². The zero-order chi connectivity index (χ0) is 13.6. The minimum atomic E-state index is 0.239. The molecule has 0 aromatic heterocycles. The average Bonchev–Trinajstić information content (AvgIpc) is 2.42. The molecule has 0 radical (unpaired) electrons. The monoisotopic (exact) mass is 246 g/mol. The maximum absolute atomic E-state index is 5.69. The third-order valence-corrected chi connectivity index (χ3v) is 4.20. The molecule has 0 amide bonds. The maximum atomic E-state index is 5.69. The summed E-state index contributed by atoms with van der Waals surface area (Å²) in [5, 5.41) is 0. The summed E-state index contributed by atoms with van der Waals surface area (Å²) in [4.78, 5) is 0. The summed E-state index contributed by atoms with van der Waals surface area (Å²) in [6.07, 6.45) is 7.63. The second-order valence-corrected chi connectivity index (χ2v) is 4.77. The lowest BCUT2D eigenvalue weighted by Gasteiger charge is -2.33. The van der Waals surface area contributed by atoms with Gasteiger partial charge < -0.3 is 4.74 Å². The molecule has 0 N–H and O–H groups in total. The molecule has 0 aliphatic carbocycles. The van der Waals surface area contributed by atoms with Crippen LogP contribution in [-0.2, 0) is 5.41 Å². The standard InChI is InChI=1S/C17H26O/c1-6-11-14-12-10-13-15(16(14)18-5)17(7-2,8-3)9-4/h6,10-13H,7-9H2,1-5H3. The molecule has 1 nitrogen and oxygen atoms in total. The molecular weight excluding hydrogens is 220 g/mol. The predicted molar refractivity (Wildman–Crippen MR) is 80.3 cm³/mol. The Morgan fingerprint density at radius 2 is 1.72 bits per heavy atom. The average molecular weight is 246 g/mol. The van der Waals surface area contributed by atoms with E-state index in [-0.39, 0.29) is 5.41 Å². The minimum Gasteiger partial charge on any atom is -0.496 e. The molecule has 18 heavy (non-hydrogen) atoms. The first-order valence-electron chi connectivity index (χ1n) is 6.99. The van der Waals surface area contributed by atoms with Crippen molar-refractivity contribution in [3.05, 3.63) is 35.4 Å². The van der Waals surface area contributed by atoms with Crippen molar-refractivity contribution >= 4 is 6.08 Å². The Bertz CT molecular complexity index is 392. The van der Waals surface area contributed by atoms with Gasteiger partial charge in [-0.3, -0.25) is 0 Å². The van der Waals surface area contributed by atoms with Gasteiger partial charge in [0.25, 0.3) is 0 Å². The molecule has 0 saturated heterocycles. The summed E-state index contributed by atoms with van der Waals surface area (Å²) in [7, 11) is 1.78. The summed E-state index contributed by atoms with van der Waals surface area (Å²) in [5.41, 5.74) is 2.77. The Labute approximate surface area is 112 Å². The lowest BCUT2D eigenvalue weighted by molar-refractivity contribution is 0.345. The van der Waals surface area contributed by atoms with Crippen LogP contribution in [0.25, 0.3) is 6.08 Å². The number of benzene rings is 1. The van der Waals surface area contributed by atoms with Crippen LogP contribution in [-0.4, -0.2) is 7.11 Å². The molecule has 0 fully saturated rings. The fourth-order valence-electron chi connectivity index (χ4n) is 2.83. The largest absolute Gasteiger partial charge is 0.496 e. The van der Waals surface area contributed by atoms with Crippen molar-refractivity contribution in [2.75, 3.05) is 7.11 Å². The Morgan fingerprint density at radius 3 is 2.17 bits per heavy atom. The third kappa shape index (κ3) is 2.60. The van der Waals surface area contributed by atoms with Crippen molar-refractivity contribution in [1.29, 1.82) is 0 Å². The number of methoxy groups -OCH3 is 1. The maximum Gasteiger partial charge on any atom is 0.129 e. The van der Waals surface area contributed by atoms with E-state index in [2.05, 4.69) is 51.1 Å². The number of hydrogen-bond acceptors (Lipinski definition) is 1. The lowest BCUT2D eigenvalue weighted by Crippen LogP contribution is -2.24. The highest BCUT2D eigenvalue weighted by molar-refractivity contribution is 5.61. The van der Waals surface area contributed by atoms with E-state index < -0.39 is 0 Å². The first-order valence-corrected chi connectivity index (χ1v) is 6.99. The van der Waals surface area contributed by atoms with Gasteiger partial charge in [0.2, 0.25) is 0 Å². The highest BCUT2D eigenvalue weighted by Gasteiger charge is 2.29. The molecule has 0 atom stereocenters. The van der Waals surface area contributed by atoms with Crippen LogP contribution in [0, 0.1) is 0 Å². The van der Waals surface area contributed by atoms with Gasteiger partial charge in [0, 0.05) is 11.1 Å². The van der Waals surface area contributed by atoms with Crippen LogP contribution in [0.2, 0.25) is 0 Å². The zero-order valence-electron chi connectivity index (χ0n) is 12.4. The van der Waals surface area contributed by atoms with Crippen molar-refractivity contribution in [2.24, 2.45) is 0 Å². The summed E-state index contributed by atoms with van der Waals surface area (Å²) >= 11 is 0. The molecule has 0 bridgehead atoms. The van der Waals surface area contributed by atoms with E-state index in [0.717, 1.165) is 25.0 Å². The molecule has 1 aromatic rings. The number of hydrogen-bond donors (Lipinski definition) is 0. The molecule has 0 saturated carbocycles. The quantitative estimate of drug-likeness (QED) is 0.670. The van der Waals surface area contributed by atoms with E-state index in [1.807, 2.05) is 6.92 Å². The van der Waals surface area contributed by atoms with Crippen LogP contribution in [0.3, 0.4) is 0 Å². The SMILES string of the molecule is CC=Cc1cccc(C(CC)(CC)CC)c1OC. The highest BCUT2D eigenvalue weighted by atomic mass is 16.5. The second kappa shape index (κ2) is 6.63. The molecule has 100 valence electrons. The van der Waals surface area contributed by atoms with Gasteiger partial charge in [-0.05, 0) is 31.6 Å².